The lowest BCUT2D eigenvalue weighted by molar-refractivity contribution is -0.119. The van der Waals surface area contributed by atoms with Crippen LogP contribution in [0.15, 0.2) is 18.2 Å². The van der Waals surface area contributed by atoms with Gasteiger partial charge in [0.15, 0.2) is 0 Å². The van der Waals surface area contributed by atoms with E-state index in [0.717, 1.165) is 29.0 Å². The Hall–Kier alpha value is -0.340. The molecule has 0 saturated heterocycles. The number of carbonyl (C=O) groups is 1. The van der Waals surface area contributed by atoms with Crippen LogP contribution in [0.4, 0.5) is 0 Å². The summed E-state index contributed by atoms with van der Waals surface area (Å²) in [5, 5.41) is 0.757. The molecule has 1 aliphatic rings. The third kappa shape index (κ3) is 2.86. The highest BCUT2D eigenvalue weighted by atomic mass is 79.9. The quantitative estimate of drug-likeness (QED) is 0.770. The van der Waals surface area contributed by atoms with E-state index in [-0.39, 0.29) is 4.83 Å². The Morgan fingerprint density at radius 1 is 1.56 bits per heavy atom. The highest BCUT2D eigenvalue weighted by molar-refractivity contribution is 9.10. The third-order valence-corrected chi connectivity index (χ3v) is 4.02. The summed E-state index contributed by atoms with van der Waals surface area (Å²) in [4.78, 5) is 11.7. The van der Waals surface area contributed by atoms with Crippen molar-refractivity contribution in [3.05, 3.63) is 34.3 Å². The molecule has 1 atom stereocenters. The fraction of sp³-hybridized carbons (Fsp3) is 0.462. The van der Waals surface area contributed by atoms with E-state index < -0.39 is 0 Å². The Labute approximate surface area is 109 Å². The number of halogens is 2. The third-order valence-electron chi connectivity index (χ3n) is 2.90. The second-order valence-corrected chi connectivity index (χ2v) is 5.96. The molecular formula is C13H14BrClO. The minimum atomic E-state index is -0.0831. The van der Waals surface area contributed by atoms with Gasteiger partial charge in [0.25, 0.3) is 0 Å². The van der Waals surface area contributed by atoms with Gasteiger partial charge in [-0.25, -0.2) is 0 Å². The van der Waals surface area contributed by atoms with E-state index >= 15 is 0 Å². The van der Waals surface area contributed by atoms with Gasteiger partial charge in [-0.2, -0.15) is 0 Å². The highest BCUT2D eigenvalue weighted by Crippen LogP contribution is 2.33. The van der Waals surface area contributed by atoms with Gasteiger partial charge >= 0.3 is 0 Å². The molecule has 0 N–H and O–H groups in total. The standard InChI is InChI=1S/C13H14BrClO/c1-8-2-3-10(12(15)6-8)7-11(14)13(16)9-4-5-9/h2-3,6,9,11H,4-5,7H2,1H3. The molecule has 1 fully saturated rings. The summed E-state index contributed by atoms with van der Waals surface area (Å²) >= 11 is 9.61. The van der Waals surface area contributed by atoms with Crippen molar-refractivity contribution in [1.29, 1.82) is 0 Å². The first-order valence-corrected chi connectivity index (χ1v) is 6.80. The molecule has 0 aromatic heterocycles. The molecule has 0 amide bonds. The maximum absolute atomic E-state index is 11.8. The predicted molar refractivity (Wildman–Crippen MR) is 70.3 cm³/mol. The average molecular weight is 302 g/mol. The number of alkyl halides is 1. The average Bonchev–Trinajstić information content (AvgIpc) is 3.04. The van der Waals surface area contributed by atoms with Crippen molar-refractivity contribution in [2.75, 3.05) is 0 Å². The van der Waals surface area contributed by atoms with E-state index in [0.29, 0.717) is 18.1 Å². The van der Waals surface area contributed by atoms with E-state index in [4.69, 9.17) is 11.6 Å². The molecule has 1 unspecified atom stereocenters. The van der Waals surface area contributed by atoms with E-state index in [1.807, 2.05) is 25.1 Å². The first-order valence-electron chi connectivity index (χ1n) is 5.51. The van der Waals surface area contributed by atoms with Crippen LogP contribution in [0, 0.1) is 12.8 Å². The summed E-state index contributed by atoms with van der Waals surface area (Å²) in [6, 6.07) is 5.98. The van der Waals surface area contributed by atoms with Crippen LogP contribution in [0.2, 0.25) is 5.02 Å². The van der Waals surface area contributed by atoms with Crippen molar-refractivity contribution < 1.29 is 4.79 Å². The summed E-state index contributed by atoms with van der Waals surface area (Å²) in [5.41, 5.74) is 2.19. The molecule has 0 radical (unpaired) electrons. The molecule has 0 heterocycles. The second-order valence-electron chi connectivity index (χ2n) is 4.44. The molecule has 1 aromatic rings. The van der Waals surface area contributed by atoms with Crippen LogP contribution in [0.3, 0.4) is 0 Å². The van der Waals surface area contributed by atoms with Gasteiger partial charge in [-0.15, -0.1) is 0 Å². The van der Waals surface area contributed by atoms with Crippen molar-refractivity contribution >= 4 is 33.3 Å². The fourth-order valence-corrected chi connectivity index (χ4v) is 2.77. The van der Waals surface area contributed by atoms with Crippen LogP contribution in [-0.2, 0) is 11.2 Å². The van der Waals surface area contributed by atoms with E-state index in [1.54, 1.807) is 0 Å². The van der Waals surface area contributed by atoms with Crippen molar-refractivity contribution in [1.82, 2.24) is 0 Å². The van der Waals surface area contributed by atoms with Crippen molar-refractivity contribution in [2.45, 2.75) is 31.0 Å². The minimum Gasteiger partial charge on any atom is -0.298 e. The lowest BCUT2D eigenvalue weighted by atomic mass is 10.0. The lowest BCUT2D eigenvalue weighted by Gasteiger charge is -2.10. The van der Waals surface area contributed by atoms with Crippen molar-refractivity contribution in [2.24, 2.45) is 5.92 Å². The van der Waals surface area contributed by atoms with Gasteiger partial charge in [-0.3, -0.25) is 4.79 Å². The molecule has 0 aliphatic heterocycles. The number of hydrogen-bond donors (Lipinski definition) is 0. The maximum Gasteiger partial charge on any atom is 0.149 e. The van der Waals surface area contributed by atoms with Gasteiger partial charge in [0.2, 0.25) is 0 Å². The molecule has 0 spiro atoms. The molecule has 1 aromatic carbocycles. The molecule has 1 saturated carbocycles. The van der Waals surface area contributed by atoms with Gasteiger partial charge < -0.3 is 0 Å². The smallest absolute Gasteiger partial charge is 0.149 e. The number of benzene rings is 1. The fourth-order valence-electron chi connectivity index (χ4n) is 1.74. The van der Waals surface area contributed by atoms with E-state index in [9.17, 15) is 4.79 Å². The second kappa shape index (κ2) is 4.89. The normalized spacial score (nSPS) is 17.2. The summed E-state index contributed by atoms with van der Waals surface area (Å²) < 4.78 is 0. The number of hydrogen-bond acceptors (Lipinski definition) is 1. The van der Waals surface area contributed by atoms with Crippen LogP contribution in [0.1, 0.15) is 24.0 Å². The van der Waals surface area contributed by atoms with Gasteiger partial charge in [0.05, 0.1) is 4.83 Å². The summed E-state index contributed by atoms with van der Waals surface area (Å²) in [5.74, 6) is 0.630. The topological polar surface area (TPSA) is 17.1 Å². The zero-order chi connectivity index (χ0) is 11.7. The minimum absolute atomic E-state index is 0.0831. The summed E-state index contributed by atoms with van der Waals surface area (Å²) in [6.45, 7) is 2.01. The Morgan fingerprint density at radius 3 is 2.81 bits per heavy atom. The highest BCUT2D eigenvalue weighted by Gasteiger charge is 2.33. The van der Waals surface area contributed by atoms with Gasteiger partial charge in [0.1, 0.15) is 5.78 Å². The van der Waals surface area contributed by atoms with E-state index in [1.165, 1.54) is 0 Å². The molecule has 0 bridgehead atoms. The first kappa shape index (κ1) is 12.1. The predicted octanol–water partition coefficient (Wildman–Crippen LogP) is 3.93. The number of carbonyl (C=O) groups excluding carboxylic acids is 1. The van der Waals surface area contributed by atoms with Crippen LogP contribution >= 0.6 is 27.5 Å². The number of aryl methyl sites for hydroxylation is 1. The van der Waals surface area contributed by atoms with Gasteiger partial charge in [0, 0.05) is 10.9 Å². The Kier molecular flexibility index (Phi) is 3.70. The largest absolute Gasteiger partial charge is 0.298 e. The number of rotatable bonds is 4. The summed E-state index contributed by atoms with van der Waals surface area (Å²) in [7, 11) is 0. The molecule has 2 rings (SSSR count). The molecule has 16 heavy (non-hydrogen) atoms. The Bertz CT molecular complexity index is 412. The Balaban J connectivity index is 2.05. The maximum atomic E-state index is 11.8. The van der Waals surface area contributed by atoms with Crippen molar-refractivity contribution in [3.63, 3.8) is 0 Å². The van der Waals surface area contributed by atoms with Crippen LogP contribution in [0.5, 0.6) is 0 Å². The number of Topliss-reactive ketones (excluding diaryl/α,β-unsaturated/α-hetero) is 1. The SMILES string of the molecule is Cc1ccc(CC(Br)C(=O)C2CC2)c(Cl)c1. The molecule has 86 valence electrons. The van der Waals surface area contributed by atoms with Gasteiger partial charge in [-0.1, -0.05) is 39.7 Å². The molecule has 3 heteroatoms. The number of ketones is 1. The van der Waals surface area contributed by atoms with Crippen LogP contribution < -0.4 is 0 Å². The monoisotopic (exact) mass is 300 g/mol. The van der Waals surface area contributed by atoms with Crippen LogP contribution in [0.25, 0.3) is 0 Å². The van der Waals surface area contributed by atoms with Crippen molar-refractivity contribution in [3.8, 4) is 0 Å². The molecule has 1 aliphatic carbocycles. The Morgan fingerprint density at radius 2 is 2.25 bits per heavy atom. The lowest BCUT2D eigenvalue weighted by Crippen LogP contribution is -2.18. The molecule has 1 nitrogen and oxygen atoms in total. The zero-order valence-corrected chi connectivity index (χ0v) is 11.5. The molecular weight excluding hydrogens is 287 g/mol. The first-order chi connectivity index (χ1) is 7.58. The zero-order valence-electron chi connectivity index (χ0n) is 9.17. The van der Waals surface area contributed by atoms with Crippen LogP contribution in [-0.4, -0.2) is 10.6 Å². The van der Waals surface area contributed by atoms with Gasteiger partial charge in [-0.05, 0) is 43.4 Å². The summed E-state index contributed by atoms with van der Waals surface area (Å²) in [6.07, 6.45) is 2.81. The van der Waals surface area contributed by atoms with E-state index in [2.05, 4.69) is 15.9 Å².